The minimum absolute atomic E-state index is 0.0343. The van der Waals surface area contributed by atoms with Gasteiger partial charge in [0.25, 0.3) is 0 Å². The molecule has 1 aliphatic carbocycles. The Labute approximate surface area is 179 Å². The first-order valence-corrected chi connectivity index (χ1v) is 11.0. The molecule has 1 aromatic heterocycles. The third-order valence-electron chi connectivity index (χ3n) is 5.12. The number of nitriles is 1. The molecule has 0 bridgehead atoms. The van der Waals surface area contributed by atoms with Crippen molar-refractivity contribution in [3.05, 3.63) is 82.0 Å². The second kappa shape index (κ2) is 8.82. The highest BCUT2D eigenvalue weighted by Gasteiger charge is 2.23. The van der Waals surface area contributed by atoms with E-state index >= 15 is 0 Å². The maximum Gasteiger partial charge on any atom is 0.173 e. The number of fused-ring (bicyclic) bond motifs is 1. The normalized spacial score (nSPS) is 12.8. The maximum atomic E-state index is 12.6. The Hall–Kier alpha value is -2.61. The summed E-state index contributed by atoms with van der Waals surface area (Å²) in [7, 11) is 0. The van der Waals surface area contributed by atoms with Gasteiger partial charge in [-0.25, -0.2) is 4.98 Å². The standard InChI is InChI=1S/C24H19ClN2OS/c25-18-12-10-17(11-13-18)23-19-8-4-5-9-21(19)27-24(20(23)14-26)29-15-22(28)16-6-2-1-3-7-16/h1-3,6-7,10-13H,4-5,8-9,15H2. The lowest BCUT2D eigenvalue weighted by atomic mass is 9.87. The average Bonchev–Trinajstić information content (AvgIpc) is 2.77. The molecule has 5 heteroatoms. The van der Waals surface area contributed by atoms with E-state index in [1.54, 1.807) is 0 Å². The first-order valence-electron chi connectivity index (χ1n) is 9.60. The van der Waals surface area contributed by atoms with Crippen LogP contribution in [0.15, 0.2) is 59.6 Å². The minimum atomic E-state index is 0.0343. The highest BCUT2D eigenvalue weighted by atomic mass is 35.5. The zero-order valence-electron chi connectivity index (χ0n) is 15.8. The number of ketones is 1. The van der Waals surface area contributed by atoms with Crippen molar-refractivity contribution >= 4 is 29.1 Å². The molecule has 3 nitrogen and oxygen atoms in total. The number of hydrogen-bond acceptors (Lipinski definition) is 4. The van der Waals surface area contributed by atoms with Crippen LogP contribution in [0.4, 0.5) is 0 Å². The quantitative estimate of drug-likeness (QED) is 0.369. The van der Waals surface area contributed by atoms with Crippen molar-refractivity contribution in [3.63, 3.8) is 0 Å². The van der Waals surface area contributed by atoms with Gasteiger partial charge in [0, 0.05) is 21.8 Å². The Morgan fingerprint density at radius 3 is 2.52 bits per heavy atom. The number of aryl methyl sites for hydroxylation is 1. The van der Waals surface area contributed by atoms with Gasteiger partial charge in [0.15, 0.2) is 5.78 Å². The fourth-order valence-corrected chi connectivity index (χ4v) is 4.73. The molecule has 1 heterocycles. The second-order valence-electron chi connectivity index (χ2n) is 7.00. The van der Waals surface area contributed by atoms with Gasteiger partial charge < -0.3 is 0 Å². The van der Waals surface area contributed by atoms with Crippen LogP contribution in [0.2, 0.25) is 5.02 Å². The monoisotopic (exact) mass is 418 g/mol. The first-order chi connectivity index (χ1) is 14.2. The van der Waals surface area contributed by atoms with Gasteiger partial charge in [-0.2, -0.15) is 5.26 Å². The Bertz CT molecular complexity index is 1090. The van der Waals surface area contributed by atoms with Crippen molar-refractivity contribution < 1.29 is 4.79 Å². The molecule has 0 N–H and O–H groups in total. The van der Waals surface area contributed by atoms with Gasteiger partial charge >= 0.3 is 0 Å². The van der Waals surface area contributed by atoms with Gasteiger partial charge in [0.05, 0.1) is 11.3 Å². The van der Waals surface area contributed by atoms with Gasteiger partial charge in [0.2, 0.25) is 0 Å². The summed E-state index contributed by atoms with van der Waals surface area (Å²) in [5.41, 5.74) is 5.36. The third-order valence-corrected chi connectivity index (χ3v) is 6.35. The lowest BCUT2D eigenvalue weighted by Gasteiger charge is -2.22. The highest BCUT2D eigenvalue weighted by Crippen LogP contribution is 2.38. The Balaban J connectivity index is 1.74. The SMILES string of the molecule is N#Cc1c(SCC(=O)c2ccccc2)nc2c(c1-c1ccc(Cl)cc1)CCCC2. The number of carbonyl (C=O) groups is 1. The predicted molar refractivity (Wildman–Crippen MR) is 118 cm³/mol. The number of benzene rings is 2. The minimum Gasteiger partial charge on any atom is -0.293 e. The van der Waals surface area contributed by atoms with Crippen LogP contribution < -0.4 is 0 Å². The van der Waals surface area contributed by atoms with Crippen LogP contribution in [-0.4, -0.2) is 16.5 Å². The lowest BCUT2D eigenvalue weighted by molar-refractivity contribution is 0.102. The summed E-state index contributed by atoms with van der Waals surface area (Å²) >= 11 is 7.42. The summed E-state index contributed by atoms with van der Waals surface area (Å²) < 4.78 is 0. The molecule has 0 fully saturated rings. The van der Waals surface area contributed by atoms with E-state index in [4.69, 9.17) is 16.6 Å². The first kappa shape index (κ1) is 19.7. The zero-order valence-corrected chi connectivity index (χ0v) is 17.4. The van der Waals surface area contributed by atoms with Crippen molar-refractivity contribution in [1.82, 2.24) is 4.98 Å². The molecule has 0 radical (unpaired) electrons. The molecule has 0 atom stereocenters. The van der Waals surface area contributed by atoms with Gasteiger partial charge in [-0.3, -0.25) is 4.79 Å². The molecule has 0 saturated heterocycles. The van der Waals surface area contributed by atoms with E-state index in [1.165, 1.54) is 11.8 Å². The third kappa shape index (κ3) is 4.22. The summed E-state index contributed by atoms with van der Waals surface area (Å²) in [6, 6.07) is 19.2. The number of aromatic nitrogens is 1. The van der Waals surface area contributed by atoms with Gasteiger partial charge in [-0.1, -0.05) is 65.8 Å². The number of hydrogen-bond donors (Lipinski definition) is 0. The Morgan fingerprint density at radius 1 is 1.07 bits per heavy atom. The molecule has 0 spiro atoms. The van der Waals surface area contributed by atoms with E-state index in [2.05, 4.69) is 6.07 Å². The molecule has 3 aromatic rings. The second-order valence-corrected chi connectivity index (χ2v) is 8.40. The summed E-state index contributed by atoms with van der Waals surface area (Å²) in [4.78, 5) is 17.4. The van der Waals surface area contributed by atoms with Gasteiger partial charge in [-0.15, -0.1) is 0 Å². The topological polar surface area (TPSA) is 53.8 Å². The zero-order chi connectivity index (χ0) is 20.2. The molecule has 2 aromatic carbocycles. The molecule has 0 aliphatic heterocycles. The van der Waals surface area contributed by atoms with Crippen molar-refractivity contribution in [3.8, 4) is 17.2 Å². The van der Waals surface area contributed by atoms with Crippen molar-refractivity contribution in [2.24, 2.45) is 0 Å². The summed E-state index contributed by atoms with van der Waals surface area (Å²) in [6.07, 6.45) is 4.02. The van der Waals surface area contributed by atoms with E-state index in [9.17, 15) is 10.1 Å². The maximum absolute atomic E-state index is 12.6. The molecule has 0 amide bonds. The van der Waals surface area contributed by atoms with Crippen molar-refractivity contribution in [2.75, 3.05) is 5.75 Å². The lowest BCUT2D eigenvalue weighted by Crippen LogP contribution is -2.11. The van der Waals surface area contributed by atoms with E-state index in [0.717, 1.165) is 48.1 Å². The average molecular weight is 419 g/mol. The predicted octanol–water partition coefficient (Wildman–Crippen LogP) is 6.13. The van der Waals surface area contributed by atoms with Gasteiger partial charge in [0.1, 0.15) is 11.1 Å². The molecule has 144 valence electrons. The van der Waals surface area contributed by atoms with Gasteiger partial charge in [-0.05, 0) is 48.9 Å². The largest absolute Gasteiger partial charge is 0.293 e. The molecule has 1 aliphatic rings. The van der Waals surface area contributed by atoms with E-state index in [1.807, 2.05) is 54.6 Å². The summed E-state index contributed by atoms with van der Waals surface area (Å²) in [5.74, 6) is 0.289. The molecular weight excluding hydrogens is 400 g/mol. The summed E-state index contributed by atoms with van der Waals surface area (Å²) in [6.45, 7) is 0. The van der Waals surface area contributed by atoms with Crippen LogP contribution in [0.3, 0.4) is 0 Å². The van der Waals surface area contributed by atoms with Crippen molar-refractivity contribution in [2.45, 2.75) is 30.7 Å². The smallest absolute Gasteiger partial charge is 0.173 e. The number of pyridine rings is 1. The molecule has 0 saturated carbocycles. The van der Waals surface area contributed by atoms with E-state index in [-0.39, 0.29) is 11.5 Å². The van der Waals surface area contributed by atoms with Crippen LogP contribution in [0.5, 0.6) is 0 Å². The summed E-state index contributed by atoms with van der Waals surface area (Å²) in [5, 5.41) is 11.3. The highest BCUT2D eigenvalue weighted by molar-refractivity contribution is 8.00. The number of nitrogens with zero attached hydrogens (tertiary/aromatic N) is 2. The number of rotatable bonds is 5. The molecule has 0 unspecified atom stereocenters. The van der Waals surface area contributed by atoms with Crippen LogP contribution in [0.25, 0.3) is 11.1 Å². The fourth-order valence-electron chi connectivity index (χ4n) is 3.70. The fraction of sp³-hybridized carbons (Fsp3) is 0.208. The van der Waals surface area contributed by atoms with Crippen LogP contribution in [0, 0.1) is 11.3 Å². The molecular formula is C24H19ClN2OS. The number of halogens is 1. The molecule has 4 rings (SSSR count). The number of thioether (sulfide) groups is 1. The van der Waals surface area contributed by atoms with Crippen LogP contribution in [-0.2, 0) is 12.8 Å². The van der Waals surface area contributed by atoms with Crippen LogP contribution in [0.1, 0.15) is 40.0 Å². The Kier molecular flexibility index (Phi) is 5.99. The van der Waals surface area contributed by atoms with Crippen molar-refractivity contribution in [1.29, 1.82) is 5.26 Å². The molecule has 29 heavy (non-hydrogen) atoms. The number of carbonyl (C=O) groups excluding carboxylic acids is 1. The van der Waals surface area contributed by atoms with E-state index < -0.39 is 0 Å². The van der Waals surface area contributed by atoms with E-state index in [0.29, 0.717) is 21.2 Å². The van der Waals surface area contributed by atoms with Crippen LogP contribution >= 0.6 is 23.4 Å². The Morgan fingerprint density at radius 2 is 1.79 bits per heavy atom. The number of Topliss-reactive ketones (excluding diaryl/α,β-unsaturated/α-hetero) is 1.